The van der Waals surface area contributed by atoms with Crippen LogP contribution >= 0.6 is 0 Å². The molecule has 0 saturated heterocycles. The van der Waals surface area contributed by atoms with Crippen LogP contribution in [0.15, 0.2) is 59.5 Å². The Kier molecular flexibility index (Phi) is 4.20. The van der Waals surface area contributed by atoms with Gasteiger partial charge in [-0.1, -0.05) is 48.5 Å². The molecule has 2 aromatic carbocycles. The molecule has 0 aromatic heterocycles. The standard InChI is InChI=1S/C15H15NO3S/c1-12-7-5-6-10-14(12)20(18,19)15(16-11-17)13-8-3-2-4-9-13/h2-11,15H,1H3,(H,16,17). The molecule has 0 fully saturated rings. The van der Waals surface area contributed by atoms with Gasteiger partial charge in [-0.3, -0.25) is 4.79 Å². The van der Waals surface area contributed by atoms with Gasteiger partial charge in [-0.25, -0.2) is 8.42 Å². The predicted molar refractivity (Wildman–Crippen MR) is 76.7 cm³/mol. The zero-order chi connectivity index (χ0) is 14.6. The third-order valence-corrected chi connectivity index (χ3v) is 5.13. The largest absolute Gasteiger partial charge is 0.338 e. The second-order valence-corrected chi connectivity index (χ2v) is 6.39. The molecule has 20 heavy (non-hydrogen) atoms. The Hall–Kier alpha value is -2.14. The Balaban J connectivity index is 2.54. The normalized spacial score (nSPS) is 12.7. The second kappa shape index (κ2) is 5.88. The summed E-state index contributed by atoms with van der Waals surface area (Å²) in [5.74, 6) is 0. The first-order chi connectivity index (χ1) is 9.57. The van der Waals surface area contributed by atoms with Crippen molar-refractivity contribution in [2.75, 3.05) is 0 Å². The molecule has 2 aromatic rings. The van der Waals surface area contributed by atoms with Gasteiger partial charge in [-0.05, 0) is 24.1 Å². The van der Waals surface area contributed by atoms with E-state index in [1.54, 1.807) is 61.5 Å². The van der Waals surface area contributed by atoms with Crippen LogP contribution in [0.25, 0.3) is 0 Å². The van der Waals surface area contributed by atoms with Crippen LogP contribution in [0, 0.1) is 6.92 Å². The Morgan fingerprint density at radius 3 is 2.20 bits per heavy atom. The summed E-state index contributed by atoms with van der Waals surface area (Å²) in [5, 5.41) is 1.32. The monoisotopic (exact) mass is 289 g/mol. The predicted octanol–water partition coefficient (Wildman–Crippen LogP) is 2.21. The number of hydrogen-bond acceptors (Lipinski definition) is 3. The maximum Gasteiger partial charge on any atom is 0.208 e. The van der Waals surface area contributed by atoms with Crippen molar-refractivity contribution in [1.82, 2.24) is 5.32 Å². The maximum atomic E-state index is 12.7. The lowest BCUT2D eigenvalue weighted by Crippen LogP contribution is -2.28. The summed E-state index contributed by atoms with van der Waals surface area (Å²) < 4.78 is 25.4. The number of amides is 1. The Bertz CT molecular complexity index is 696. The first-order valence-corrected chi connectivity index (χ1v) is 7.66. The van der Waals surface area contributed by atoms with Crippen molar-refractivity contribution >= 4 is 16.2 Å². The van der Waals surface area contributed by atoms with Gasteiger partial charge in [0.2, 0.25) is 16.2 Å². The summed E-state index contributed by atoms with van der Waals surface area (Å²) in [7, 11) is -3.69. The van der Waals surface area contributed by atoms with Gasteiger partial charge in [-0.2, -0.15) is 0 Å². The highest BCUT2D eigenvalue weighted by Gasteiger charge is 2.29. The quantitative estimate of drug-likeness (QED) is 0.858. The average Bonchev–Trinajstić information content (AvgIpc) is 2.45. The zero-order valence-corrected chi connectivity index (χ0v) is 11.8. The first-order valence-electron chi connectivity index (χ1n) is 6.11. The number of carbonyl (C=O) groups is 1. The van der Waals surface area contributed by atoms with Crippen LogP contribution in [0.4, 0.5) is 0 Å². The van der Waals surface area contributed by atoms with Gasteiger partial charge in [0.15, 0.2) is 5.37 Å². The fourth-order valence-electron chi connectivity index (χ4n) is 2.06. The number of nitrogens with one attached hydrogen (secondary N) is 1. The minimum Gasteiger partial charge on any atom is -0.338 e. The number of rotatable bonds is 5. The third kappa shape index (κ3) is 2.72. The molecule has 4 nitrogen and oxygen atoms in total. The zero-order valence-electron chi connectivity index (χ0n) is 11.0. The van der Waals surface area contributed by atoms with Crippen molar-refractivity contribution in [2.24, 2.45) is 0 Å². The molecule has 1 unspecified atom stereocenters. The topological polar surface area (TPSA) is 63.2 Å². The van der Waals surface area contributed by atoms with E-state index in [1.807, 2.05) is 0 Å². The summed E-state index contributed by atoms with van der Waals surface area (Å²) in [6.07, 6.45) is 0.410. The van der Waals surface area contributed by atoms with Gasteiger partial charge in [-0.15, -0.1) is 0 Å². The van der Waals surface area contributed by atoms with E-state index in [4.69, 9.17) is 0 Å². The Morgan fingerprint density at radius 1 is 1.00 bits per heavy atom. The molecule has 1 N–H and O–H groups in total. The van der Waals surface area contributed by atoms with Crippen molar-refractivity contribution in [1.29, 1.82) is 0 Å². The van der Waals surface area contributed by atoms with Gasteiger partial charge in [0.25, 0.3) is 0 Å². The van der Waals surface area contributed by atoms with Crippen LogP contribution in [0.5, 0.6) is 0 Å². The number of carbonyl (C=O) groups excluding carboxylic acids is 1. The Morgan fingerprint density at radius 2 is 1.60 bits per heavy atom. The molecule has 0 saturated carbocycles. The summed E-state index contributed by atoms with van der Waals surface area (Å²) >= 11 is 0. The molecule has 1 atom stereocenters. The number of sulfone groups is 1. The van der Waals surface area contributed by atoms with Gasteiger partial charge in [0.1, 0.15) is 0 Å². The molecule has 0 aliphatic heterocycles. The minimum absolute atomic E-state index is 0.225. The number of benzene rings is 2. The molecular formula is C15H15NO3S. The maximum absolute atomic E-state index is 12.7. The summed E-state index contributed by atoms with van der Waals surface area (Å²) in [6.45, 7) is 1.73. The number of aryl methyl sites for hydroxylation is 1. The van der Waals surface area contributed by atoms with E-state index in [2.05, 4.69) is 5.32 Å². The van der Waals surface area contributed by atoms with Crippen molar-refractivity contribution in [2.45, 2.75) is 17.2 Å². The van der Waals surface area contributed by atoms with E-state index in [-0.39, 0.29) is 4.90 Å². The lowest BCUT2D eigenvalue weighted by molar-refractivity contribution is -0.109. The third-order valence-electron chi connectivity index (χ3n) is 3.03. The molecule has 104 valence electrons. The van der Waals surface area contributed by atoms with Crippen molar-refractivity contribution in [3.63, 3.8) is 0 Å². The lowest BCUT2D eigenvalue weighted by atomic mass is 10.2. The molecule has 0 spiro atoms. The molecule has 0 aliphatic rings. The molecule has 0 aliphatic carbocycles. The van der Waals surface area contributed by atoms with E-state index >= 15 is 0 Å². The molecule has 0 radical (unpaired) electrons. The molecule has 0 bridgehead atoms. The van der Waals surface area contributed by atoms with Crippen LogP contribution in [0.1, 0.15) is 16.5 Å². The lowest BCUT2D eigenvalue weighted by Gasteiger charge is -2.18. The fourth-order valence-corrected chi connectivity index (χ4v) is 3.85. The van der Waals surface area contributed by atoms with Crippen molar-refractivity contribution in [3.8, 4) is 0 Å². The van der Waals surface area contributed by atoms with Crippen molar-refractivity contribution in [3.05, 3.63) is 65.7 Å². The SMILES string of the molecule is Cc1ccccc1S(=O)(=O)C(NC=O)c1ccccc1. The van der Waals surface area contributed by atoms with Gasteiger partial charge < -0.3 is 5.32 Å². The average molecular weight is 289 g/mol. The van der Waals surface area contributed by atoms with E-state index < -0.39 is 15.2 Å². The van der Waals surface area contributed by atoms with E-state index in [0.29, 0.717) is 17.5 Å². The second-order valence-electron chi connectivity index (χ2n) is 4.39. The van der Waals surface area contributed by atoms with Gasteiger partial charge in [0.05, 0.1) is 4.90 Å². The fraction of sp³-hybridized carbons (Fsp3) is 0.133. The van der Waals surface area contributed by atoms with Gasteiger partial charge in [0, 0.05) is 0 Å². The van der Waals surface area contributed by atoms with E-state index in [9.17, 15) is 13.2 Å². The smallest absolute Gasteiger partial charge is 0.208 e. The van der Waals surface area contributed by atoms with Crippen LogP contribution < -0.4 is 5.32 Å². The van der Waals surface area contributed by atoms with E-state index in [1.165, 1.54) is 0 Å². The van der Waals surface area contributed by atoms with Gasteiger partial charge >= 0.3 is 0 Å². The van der Waals surface area contributed by atoms with Crippen LogP contribution in [0.2, 0.25) is 0 Å². The highest BCUT2D eigenvalue weighted by atomic mass is 32.2. The van der Waals surface area contributed by atoms with Crippen LogP contribution in [-0.4, -0.2) is 14.8 Å². The molecule has 1 amide bonds. The summed E-state index contributed by atoms with van der Waals surface area (Å²) in [4.78, 5) is 11.0. The molecule has 5 heteroatoms. The highest BCUT2D eigenvalue weighted by molar-refractivity contribution is 7.91. The highest BCUT2D eigenvalue weighted by Crippen LogP contribution is 2.28. The summed E-state index contributed by atoms with van der Waals surface area (Å²) in [5.41, 5.74) is 1.18. The number of hydrogen-bond donors (Lipinski definition) is 1. The van der Waals surface area contributed by atoms with Crippen LogP contribution in [0.3, 0.4) is 0 Å². The first kappa shape index (κ1) is 14.3. The Labute approximate surface area is 118 Å². The van der Waals surface area contributed by atoms with E-state index in [0.717, 1.165) is 0 Å². The van der Waals surface area contributed by atoms with Crippen LogP contribution in [-0.2, 0) is 14.6 Å². The minimum atomic E-state index is -3.69. The van der Waals surface area contributed by atoms with Crippen molar-refractivity contribution < 1.29 is 13.2 Å². The molecular weight excluding hydrogens is 274 g/mol. The summed E-state index contributed by atoms with van der Waals surface area (Å²) in [6, 6.07) is 15.4. The molecule has 2 rings (SSSR count). The molecule has 0 heterocycles.